The number of imide groups is 1. The van der Waals surface area contributed by atoms with Crippen LogP contribution in [0, 0.1) is 0 Å². The average Bonchev–Trinajstić information content (AvgIpc) is 2.95. The summed E-state index contributed by atoms with van der Waals surface area (Å²) in [5, 5.41) is 3.08. The zero-order valence-corrected chi connectivity index (χ0v) is 15.1. The van der Waals surface area contributed by atoms with Gasteiger partial charge < -0.3 is 14.8 Å². The Morgan fingerprint density at radius 3 is 2.59 bits per heavy atom. The second kappa shape index (κ2) is 7.90. The van der Waals surface area contributed by atoms with Crippen molar-refractivity contribution in [1.29, 1.82) is 0 Å². The molecule has 1 heterocycles. The van der Waals surface area contributed by atoms with E-state index in [4.69, 9.17) is 9.47 Å². The molecule has 7 heteroatoms. The molecule has 3 rings (SSSR count). The first kappa shape index (κ1) is 18.4. The highest BCUT2D eigenvalue weighted by molar-refractivity contribution is 6.23. The minimum atomic E-state index is -0.658. The molecule has 2 aromatic carbocycles. The zero-order valence-electron chi connectivity index (χ0n) is 15.1. The van der Waals surface area contributed by atoms with Crippen LogP contribution in [-0.2, 0) is 14.3 Å². The number of carbonyl (C=O) groups is 3. The van der Waals surface area contributed by atoms with Gasteiger partial charge in [0.25, 0.3) is 5.91 Å². The van der Waals surface area contributed by atoms with E-state index in [1.54, 1.807) is 50.4 Å². The maximum Gasteiger partial charge on any atom is 0.338 e. The number of carbonyl (C=O) groups excluding carboxylic acids is 3. The number of benzene rings is 2. The van der Waals surface area contributed by atoms with Crippen LogP contribution >= 0.6 is 0 Å². The van der Waals surface area contributed by atoms with Crippen molar-refractivity contribution in [2.75, 3.05) is 23.9 Å². The standard InChI is InChI=1S/C20H20N2O5/c1-3-27-20(25)13-7-9-15(10-8-13)22-18(23)12-17(19(22)24)21-14-5-4-6-16(11-14)26-2/h4-11,17,21H,3,12H2,1-2H3. The summed E-state index contributed by atoms with van der Waals surface area (Å²) in [6.07, 6.45) is 0.0513. The number of hydrogen-bond acceptors (Lipinski definition) is 6. The van der Waals surface area contributed by atoms with Crippen LogP contribution in [0.2, 0.25) is 0 Å². The Bertz CT molecular complexity index is 863. The van der Waals surface area contributed by atoms with Crippen molar-refractivity contribution in [2.45, 2.75) is 19.4 Å². The Morgan fingerprint density at radius 2 is 1.93 bits per heavy atom. The molecule has 1 unspecified atom stereocenters. The fourth-order valence-corrected chi connectivity index (χ4v) is 2.89. The highest BCUT2D eigenvalue weighted by atomic mass is 16.5. The Hall–Kier alpha value is -3.35. The fourth-order valence-electron chi connectivity index (χ4n) is 2.89. The molecule has 0 saturated carbocycles. The molecule has 0 bridgehead atoms. The first-order valence-electron chi connectivity index (χ1n) is 8.58. The summed E-state index contributed by atoms with van der Waals surface area (Å²) in [4.78, 5) is 38.0. The summed E-state index contributed by atoms with van der Waals surface area (Å²) < 4.78 is 10.1. The van der Waals surface area contributed by atoms with Gasteiger partial charge in [-0.1, -0.05) is 6.07 Å². The van der Waals surface area contributed by atoms with Crippen molar-refractivity contribution < 1.29 is 23.9 Å². The van der Waals surface area contributed by atoms with Gasteiger partial charge >= 0.3 is 5.97 Å². The topological polar surface area (TPSA) is 84.9 Å². The van der Waals surface area contributed by atoms with Crippen LogP contribution in [0.4, 0.5) is 11.4 Å². The SMILES string of the molecule is CCOC(=O)c1ccc(N2C(=O)CC(Nc3cccc(OC)c3)C2=O)cc1. The summed E-state index contributed by atoms with van der Waals surface area (Å²) >= 11 is 0. The molecule has 7 nitrogen and oxygen atoms in total. The Morgan fingerprint density at radius 1 is 1.19 bits per heavy atom. The van der Waals surface area contributed by atoms with E-state index >= 15 is 0 Å². The van der Waals surface area contributed by atoms with E-state index < -0.39 is 12.0 Å². The summed E-state index contributed by atoms with van der Waals surface area (Å²) in [6.45, 7) is 2.00. The monoisotopic (exact) mass is 368 g/mol. The van der Waals surface area contributed by atoms with Crippen LogP contribution in [-0.4, -0.2) is 37.5 Å². The second-order valence-electron chi connectivity index (χ2n) is 5.97. The van der Waals surface area contributed by atoms with Gasteiger partial charge in [-0.25, -0.2) is 9.69 Å². The van der Waals surface area contributed by atoms with Gasteiger partial charge in [-0.2, -0.15) is 0 Å². The van der Waals surface area contributed by atoms with E-state index in [0.29, 0.717) is 22.7 Å². The van der Waals surface area contributed by atoms with Crippen molar-refractivity contribution in [1.82, 2.24) is 0 Å². The lowest BCUT2D eigenvalue weighted by atomic mass is 10.2. The minimum Gasteiger partial charge on any atom is -0.497 e. The number of esters is 1. The molecule has 0 spiro atoms. The number of amides is 2. The van der Waals surface area contributed by atoms with E-state index in [1.165, 1.54) is 12.1 Å². The third-order valence-corrected chi connectivity index (χ3v) is 4.19. The molecule has 0 aliphatic carbocycles. The zero-order chi connectivity index (χ0) is 19.4. The van der Waals surface area contributed by atoms with Gasteiger partial charge in [0.2, 0.25) is 5.91 Å². The van der Waals surface area contributed by atoms with E-state index in [2.05, 4.69) is 5.32 Å². The normalized spacial score (nSPS) is 16.4. The molecular weight excluding hydrogens is 348 g/mol. The number of nitrogens with zero attached hydrogens (tertiary/aromatic N) is 1. The van der Waals surface area contributed by atoms with Gasteiger partial charge in [-0.3, -0.25) is 9.59 Å². The molecule has 2 amide bonds. The second-order valence-corrected chi connectivity index (χ2v) is 5.97. The van der Waals surface area contributed by atoms with E-state index in [-0.39, 0.29) is 24.8 Å². The third-order valence-electron chi connectivity index (χ3n) is 4.19. The van der Waals surface area contributed by atoms with E-state index in [0.717, 1.165) is 4.90 Å². The van der Waals surface area contributed by atoms with Crippen molar-refractivity contribution in [3.8, 4) is 5.75 Å². The fraction of sp³-hybridized carbons (Fsp3) is 0.250. The molecule has 0 aromatic heterocycles. The first-order valence-corrected chi connectivity index (χ1v) is 8.58. The summed E-state index contributed by atoms with van der Waals surface area (Å²) in [6, 6.07) is 12.7. The molecule has 1 aliphatic heterocycles. The van der Waals surface area contributed by atoms with Gasteiger partial charge in [0.15, 0.2) is 0 Å². The van der Waals surface area contributed by atoms with Gasteiger partial charge in [-0.05, 0) is 43.3 Å². The molecular formula is C20H20N2O5. The Kier molecular flexibility index (Phi) is 5.40. The van der Waals surface area contributed by atoms with Crippen molar-refractivity contribution in [2.24, 2.45) is 0 Å². The highest BCUT2D eigenvalue weighted by Gasteiger charge is 2.39. The molecule has 140 valence electrons. The molecule has 27 heavy (non-hydrogen) atoms. The maximum atomic E-state index is 12.7. The highest BCUT2D eigenvalue weighted by Crippen LogP contribution is 2.26. The number of ether oxygens (including phenoxy) is 2. The number of anilines is 2. The quantitative estimate of drug-likeness (QED) is 0.623. The van der Waals surface area contributed by atoms with Gasteiger partial charge in [0.05, 0.1) is 31.4 Å². The predicted octanol–water partition coefficient (Wildman–Crippen LogP) is 2.62. The largest absolute Gasteiger partial charge is 0.497 e. The van der Waals surface area contributed by atoms with Crippen LogP contribution in [0.25, 0.3) is 0 Å². The van der Waals surface area contributed by atoms with E-state index in [9.17, 15) is 14.4 Å². The first-order chi connectivity index (χ1) is 13.0. The van der Waals surface area contributed by atoms with Crippen molar-refractivity contribution in [3.05, 3.63) is 54.1 Å². The van der Waals surface area contributed by atoms with Crippen molar-refractivity contribution in [3.63, 3.8) is 0 Å². The molecule has 1 fully saturated rings. The third kappa shape index (κ3) is 3.92. The molecule has 1 aliphatic rings. The summed E-state index contributed by atoms with van der Waals surface area (Å²) in [5.74, 6) is -0.431. The van der Waals surface area contributed by atoms with E-state index in [1.807, 2.05) is 0 Å². The average molecular weight is 368 g/mol. The molecule has 1 N–H and O–H groups in total. The van der Waals surface area contributed by atoms with Gasteiger partial charge in [-0.15, -0.1) is 0 Å². The number of methoxy groups -OCH3 is 1. The molecule has 1 saturated heterocycles. The minimum absolute atomic E-state index is 0.0513. The Balaban J connectivity index is 1.74. The predicted molar refractivity (Wildman–Crippen MR) is 99.9 cm³/mol. The Labute approximate surface area is 156 Å². The van der Waals surface area contributed by atoms with Gasteiger partial charge in [0.1, 0.15) is 11.8 Å². The molecule has 2 aromatic rings. The van der Waals surface area contributed by atoms with Crippen molar-refractivity contribution >= 4 is 29.2 Å². The van der Waals surface area contributed by atoms with Crippen LogP contribution in [0.5, 0.6) is 5.75 Å². The number of rotatable bonds is 6. The van der Waals surface area contributed by atoms with Crippen LogP contribution in [0.3, 0.4) is 0 Å². The van der Waals surface area contributed by atoms with Gasteiger partial charge in [0, 0.05) is 11.8 Å². The summed E-state index contributed by atoms with van der Waals surface area (Å²) in [7, 11) is 1.56. The number of hydrogen-bond donors (Lipinski definition) is 1. The van der Waals surface area contributed by atoms with Crippen LogP contribution in [0.15, 0.2) is 48.5 Å². The lowest BCUT2D eigenvalue weighted by Gasteiger charge is -2.16. The lowest BCUT2D eigenvalue weighted by Crippen LogP contribution is -2.34. The van der Waals surface area contributed by atoms with Crippen LogP contribution in [0.1, 0.15) is 23.7 Å². The summed E-state index contributed by atoms with van der Waals surface area (Å²) in [5.41, 5.74) is 1.48. The smallest absolute Gasteiger partial charge is 0.338 e. The lowest BCUT2D eigenvalue weighted by molar-refractivity contribution is -0.121. The van der Waals surface area contributed by atoms with Crippen LogP contribution < -0.4 is 15.0 Å². The maximum absolute atomic E-state index is 12.7. The molecule has 1 atom stereocenters. The number of nitrogens with one attached hydrogen (secondary N) is 1. The molecule has 0 radical (unpaired) electrons.